The van der Waals surface area contributed by atoms with Crippen molar-refractivity contribution >= 4 is 57.5 Å². The zero-order chi connectivity index (χ0) is 38.1. The Morgan fingerprint density at radius 3 is 1.22 bits per heavy atom. The number of rotatable bonds is 18. The van der Waals surface area contributed by atoms with Crippen molar-refractivity contribution in [2.45, 2.75) is 72.4 Å². The molecule has 0 fully saturated rings. The van der Waals surface area contributed by atoms with E-state index in [0.717, 1.165) is 0 Å². The van der Waals surface area contributed by atoms with E-state index in [0.29, 0.717) is 24.3 Å². The van der Waals surface area contributed by atoms with Gasteiger partial charge >= 0.3 is 23.4 Å². The number of ether oxygens (including phenoxy) is 2. The van der Waals surface area contributed by atoms with E-state index in [4.69, 9.17) is 32.7 Å². The number of benzene rings is 2. The van der Waals surface area contributed by atoms with Crippen LogP contribution in [0.1, 0.15) is 60.2 Å². The number of hydrogen-bond acceptors (Lipinski definition) is 5. The van der Waals surface area contributed by atoms with Crippen molar-refractivity contribution in [2.24, 2.45) is 0 Å². The Labute approximate surface area is 297 Å². The Balaban J connectivity index is 2.34. The third-order valence-corrected chi connectivity index (χ3v) is 10.6. The fourth-order valence-electron chi connectivity index (χ4n) is 4.22. The number of unbranched alkanes of at least 4 members (excludes halogenated alkanes) is 4. The van der Waals surface area contributed by atoms with E-state index in [2.05, 4.69) is 0 Å². The van der Waals surface area contributed by atoms with E-state index >= 15 is 0 Å². The van der Waals surface area contributed by atoms with Gasteiger partial charge in [0, 0.05) is 21.6 Å². The third kappa shape index (κ3) is 14.8. The maximum absolute atomic E-state index is 14.5. The van der Waals surface area contributed by atoms with Crippen molar-refractivity contribution in [3.05, 3.63) is 57.1 Å². The monoisotopic (exact) mass is 842 g/mol. The van der Waals surface area contributed by atoms with Crippen LogP contribution in [0, 0.1) is 11.6 Å². The lowest BCUT2D eigenvalue weighted by Crippen LogP contribution is -2.34. The molecule has 286 valence electrons. The van der Waals surface area contributed by atoms with Crippen LogP contribution >= 0.6 is 46.7 Å². The maximum atomic E-state index is 14.5. The molecule has 0 aliphatic rings. The molecule has 3 nitrogen and oxygen atoms in total. The van der Waals surface area contributed by atoms with Gasteiger partial charge in [0.05, 0.1) is 24.0 Å². The van der Waals surface area contributed by atoms with Crippen LogP contribution in [0.15, 0.2) is 24.3 Å². The minimum absolute atomic E-state index is 0.0190. The van der Waals surface area contributed by atoms with Crippen molar-refractivity contribution in [3.63, 3.8) is 0 Å². The first-order valence-corrected chi connectivity index (χ1v) is 18.1. The minimum atomic E-state index is -5.72. The van der Waals surface area contributed by atoms with Crippen molar-refractivity contribution < 1.29 is 75.1 Å². The van der Waals surface area contributed by atoms with Crippen molar-refractivity contribution in [1.29, 1.82) is 0 Å². The zero-order valence-corrected chi connectivity index (χ0v) is 29.0. The van der Waals surface area contributed by atoms with Crippen LogP contribution in [0.3, 0.4) is 0 Å². The van der Waals surface area contributed by atoms with E-state index < -0.39 is 102 Å². The molecule has 0 radical (unpaired) electrons. The van der Waals surface area contributed by atoms with Gasteiger partial charge in [-0.1, -0.05) is 46.7 Å². The average Bonchev–Trinajstić information content (AvgIpc) is 2.93. The van der Waals surface area contributed by atoms with E-state index in [9.17, 15) is 65.7 Å². The lowest BCUT2D eigenvalue weighted by molar-refractivity contribution is -0.138. The number of alkyl halides is 12. The first-order chi connectivity index (χ1) is 22.9. The molecular weight excluding hydrogens is 817 g/mol. The van der Waals surface area contributed by atoms with Crippen molar-refractivity contribution in [1.82, 2.24) is 0 Å². The summed E-state index contributed by atoms with van der Waals surface area (Å²) in [5.74, 6) is -5.13. The summed E-state index contributed by atoms with van der Waals surface area (Å²) in [7, 11) is -4.09. The predicted molar refractivity (Wildman–Crippen MR) is 164 cm³/mol. The molecule has 0 saturated carbocycles. The van der Waals surface area contributed by atoms with Gasteiger partial charge in [0.1, 0.15) is 0 Å². The molecule has 0 aliphatic heterocycles. The zero-order valence-electron chi connectivity index (χ0n) is 25.0. The van der Waals surface area contributed by atoms with Gasteiger partial charge in [0.25, 0.3) is 0 Å². The third-order valence-electron chi connectivity index (χ3n) is 6.35. The molecular formula is C28H26Cl2F14O3S3. The van der Waals surface area contributed by atoms with E-state index in [-0.39, 0.29) is 73.6 Å². The summed E-state index contributed by atoms with van der Waals surface area (Å²) in [5, 5.41) is -9.22. The van der Waals surface area contributed by atoms with Crippen molar-refractivity contribution in [2.75, 3.05) is 24.7 Å². The second-order valence-corrected chi connectivity index (χ2v) is 14.9. The van der Waals surface area contributed by atoms with Crippen molar-refractivity contribution in [3.8, 4) is 11.5 Å². The summed E-state index contributed by atoms with van der Waals surface area (Å²) >= 11 is 11.1. The topological polar surface area (TPSA) is 35.5 Å². The van der Waals surface area contributed by atoms with Gasteiger partial charge in [-0.25, -0.2) is 8.78 Å². The lowest BCUT2D eigenvalue weighted by atomic mass is 10.1. The van der Waals surface area contributed by atoms with Crippen LogP contribution in [0.2, 0.25) is 10.0 Å². The van der Waals surface area contributed by atoms with Gasteiger partial charge in [-0.15, -0.1) is 0 Å². The number of hydrogen-bond donors (Lipinski definition) is 0. The van der Waals surface area contributed by atoms with Gasteiger partial charge in [-0.05, 0) is 73.9 Å². The van der Waals surface area contributed by atoms with Gasteiger partial charge in [-0.3, -0.25) is 4.21 Å². The summed E-state index contributed by atoms with van der Waals surface area (Å²) in [4.78, 5) is 0. The molecule has 2 aromatic rings. The smallest absolute Gasteiger partial charge is 0.441 e. The second kappa shape index (κ2) is 19.0. The molecule has 50 heavy (non-hydrogen) atoms. The SMILES string of the molecule is O=S([C@H](c1cc(OCCCCCSC(F)(F)F)c(F)cc1Cl)C(F)(F)F)[C@H](c1cc(OCCCCCSC(F)(F)F)c(F)cc1Cl)C(F)(F)F. The molecule has 0 unspecified atom stereocenters. The summed E-state index contributed by atoms with van der Waals surface area (Å²) in [6.45, 7) is -0.833. The summed E-state index contributed by atoms with van der Waals surface area (Å²) < 4.78 is 213. The quantitative estimate of drug-likeness (QED) is 0.110. The van der Waals surface area contributed by atoms with Crippen LogP contribution in [-0.2, 0) is 10.8 Å². The average molecular weight is 844 g/mol. The molecule has 0 N–H and O–H groups in total. The van der Waals surface area contributed by atoms with E-state index in [1.807, 2.05) is 0 Å². The Hall–Kier alpha value is -1.51. The fraction of sp³-hybridized carbons (Fsp3) is 0.571. The number of halogens is 16. The van der Waals surface area contributed by atoms with Gasteiger partial charge in [0.15, 0.2) is 33.6 Å². The molecule has 22 heteroatoms. The van der Waals surface area contributed by atoms with Gasteiger partial charge in [-0.2, -0.15) is 52.7 Å². The molecule has 0 saturated heterocycles. The lowest BCUT2D eigenvalue weighted by Gasteiger charge is -2.29. The van der Waals surface area contributed by atoms with Crippen LogP contribution in [-0.4, -0.2) is 52.3 Å². The summed E-state index contributed by atoms with van der Waals surface area (Å²) in [6.07, 6.45) is -11.0. The highest BCUT2D eigenvalue weighted by atomic mass is 35.5. The molecule has 0 spiro atoms. The fourth-order valence-corrected chi connectivity index (χ4v) is 7.71. The maximum Gasteiger partial charge on any atom is 0.441 e. The molecule has 2 aromatic carbocycles. The molecule has 0 amide bonds. The highest BCUT2D eigenvalue weighted by Crippen LogP contribution is 2.51. The summed E-state index contributed by atoms with van der Waals surface area (Å²) in [6, 6.07) is 1.22. The summed E-state index contributed by atoms with van der Waals surface area (Å²) in [5.41, 5.74) is -11.5. The molecule has 0 bridgehead atoms. The van der Waals surface area contributed by atoms with Crippen LogP contribution < -0.4 is 9.47 Å². The Kier molecular flexibility index (Phi) is 17.0. The highest BCUT2D eigenvalue weighted by Gasteiger charge is 2.56. The standard InChI is InChI=1S/C28H26Cl2F14O3S3/c29-17-13-19(31)21(46-7-3-1-5-9-48-27(39,40)41)11-15(17)23(25(33,34)35)50(45)24(26(36,37)38)16-12-22(20(32)14-18(16)30)47-8-4-2-6-10-49-28(42,43)44/h11-14,23-24H,1-10H2/t23-,24-/m1/s1. The Morgan fingerprint density at radius 1 is 0.580 bits per heavy atom. The Morgan fingerprint density at radius 2 is 0.920 bits per heavy atom. The normalized spacial score (nSPS) is 14.3. The largest absolute Gasteiger partial charge is 0.491 e. The van der Waals surface area contributed by atoms with Gasteiger partial charge in [0.2, 0.25) is 0 Å². The first kappa shape index (κ1) is 44.7. The first-order valence-electron chi connectivity index (χ1n) is 14.1. The predicted octanol–water partition coefficient (Wildman–Crippen LogP) is 12.5. The molecule has 2 rings (SSSR count). The van der Waals surface area contributed by atoms with Gasteiger partial charge < -0.3 is 9.47 Å². The molecule has 2 atom stereocenters. The van der Waals surface area contributed by atoms with Crippen LogP contribution in [0.4, 0.5) is 61.5 Å². The Bertz CT molecular complexity index is 1320. The molecule has 0 heterocycles. The number of thioether (sulfide) groups is 2. The second-order valence-electron chi connectivity index (χ2n) is 10.2. The highest BCUT2D eigenvalue weighted by molar-refractivity contribution is 8.00. The van der Waals surface area contributed by atoms with E-state index in [1.54, 1.807) is 0 Å². The van der Waals surface area contributed by atoms with Crippen LogP contribution in [0.25, 0.3) is 0 Å². The minimum Gasteiger partial charge on any atom is -0.491 e. The van der Waals surface area contributed by atoms with Crippen LogP contribution in [0.5, 0.6) is 11.5 Å². The molecule has 0 aromatic heterocycles. The molecule has 0 aliphatic carbocycles. The van der Waals surface area contributed by atoms with E-state index in [1.165, 1.54) is 0 Å².